The first kappa shape index (κ1) is 15.3. The first-order chi connectivity index (χ1) is 9.99. The van der Waals surface area contributed by atoms with Gasteiger partial charge in [-0.15, -0.1) is 0 Å². The molecule has 0 atom stereocenters. The highest BCUT2D eigenvalue weighted by Gasteiger charge is 2.07. The van der Waals surface area contributed by atoms with Crippen LogP contribution in [0.15, 0.2) is 42.5 Å². The molecular weight excluding hydrogens is 287 g/mol. The van der Waals surface area contributed by atoms with Crippen LogP contribution in [-0.4, -0.2) is 19.1 Å². The normalized spacial score (nSPS) is 10.2. The SMILES string of the molecule is COc1ccc(N(C)Cc2cc(F)cc(C(N)=S)c2)cc1. The number of nitrogens with two attached hydrogens (primary N) is 1. The highest BCUT2D eigenvalue weighted by Crippen LogP contribution is 2.20. The topological polar surface area (TPSA) is 38.5 Å². The number of rotatable bonds is 5. The first-order valence-electron chi connectivity index (χ1n) is 6.44. The van der Waals surface area contributed by atoms with E-state index in [1.807, 2.05) is 42.3 Å². The Bertz CT molecular complexity index is 643. The van der Waals surface area contributed by atoms with Gasteiger partial charge in [-0.2, -0.15) is 0 Å². The average molecular weight is 304 g/mol. The number of benzene rings is 2. The van der Waals surface area contributed by atoms with Crippen LogP contribution in [0.2, 0.25) is 0 Å². The summed E-state index contributed by atoms with van der Waals surface area (Å²) in [6.07, 6.45) is 0. The van der Waals surface area contributed by atoms with Gasteiger partial charge in [0, 0.05) is 24.8 Å². The van der Waals surface area contributed by atoms with Gasteiger partial charge in [0.2, 0.25) is 0 Å². The highest BCUT2D eigenvalue weighted by atomic mass is 32.1. The van der Waals surface area contributed by atoms with Crippen LogP contribution in [0.25, 0.3) is 0 Å². The quantitative estimate of drug-likeness (QED) is 0.862. The molecule has 0 unspecified atom stereocenters. The van der Waals surface area contributed by atoms with E-state index in [0.717, 1.165) is 17.0 Å². The fourth-order valence-electron chi connectivity index (χ4n) is 2.09. The smallest absolute Gasteiger partial charge is 0.124 e. The van der Waals surface area contributed by atoms with Gasteiger partial charge < -0.3 is 15.4 Å². The molecule has 5 heteroatoms. The molecule has 0 radical (unpaired) electrons. The van der Waals surface area contributed by atoms with Crippen molar-refractivity contribution in [2.45, 2.75) is 6.54 Å². The molecule has 0 aliphatic rings. The summed E-state index contributed by atoms with van der Waals surface area (Å²) in [6.45, 7) is 0.555. The fraction of sp³-hybridized carbons (Fsp3) is 0.188. The molecule has 0 fully saturated rings. The number of methoxy groups -OCH3 is 1. The van der Waals surface area contributed by atoms with Crippen molar-refractivity contribution in [3.63, 3.8) is 0 Å². The molecular formula is C16H17FN2OS. The molecule has 2 N–H and O–H groups in total. The van der Waals surface area contributed by atoms with Crippen LogP contribution in [0.1, 0.15) is 11.1 Å². The van der Waals surface area contributed by atoms with E-state index < -0.39 is 0 Å². The molecule has 0 aromatic heterocycles. The van der Waals surface area contributed by atoms with Gasteiger partial charge in [-0.1, -0.05) is 12.2 Å². The van der Waals surface area contributed by atoms with E-state index in [1.165, 1.54) is 12.1 Å². The molecule has 0 saturated carbocycles. The standard InChI is InChI=1S/C16H17FN2OS/c1-19(14-3-5-15(20-2)6-4-14)10-11-7-12(16(18)21)9-13(17)8-11/h3-9H,10H2,1-2H3,(H2,18,21). The fourth-order valence-corrected chi connectivity index (χ4v) is 2.20. The lowest BCUT2D eigenvalue weighted by molar-refractivity contribution is 0.415. The Morgan fingerprint density at radius 3 is 2.48 bits per heavy atom. The van der Waals surface area contributed by atoms with E-state index >= 15 is 0 Å². The van der Waals surface area contributed by atoms with Crippen molar-refractivity contribution < 1.29 is 9.13 Å². The highest BCUT2D eigenvalue weighted by molar-refractivity contribution is 7.80. The Labute approximate surface area is 129 Å². The minimum absolute atomic E-state index is 0.197. The molecule has 0 bridgehead atoms. The predicted molar refractivity (Wildman–Crippen MR) is 87.4 cm³/mol. The van der Waals surface area contributed by atoms with Crippen LogP contribution in [-0.2, 0) is 6.54 Å². The van der Waals surface area contributed by atoms with Gasteiger partial charge in [0.1, 0.15) is 16.6 Å². The molecule has 2 aromatic carbocycles. The molecule has 110 valence electrons. The van der Waals surface area contributed by atoms with E-state index in [9.17, 15) is 4.39 Å². The number of halogens is 1. The molecule has 3 nitrogen and oxygen atoms in total. The predicted octanol–water partition coefficient (Wildman–Crippen LogP) is 3.10. The van der Waals surface area contributed by atoms with Crippen molar-refractivity contribution in [2.75, 3.05) is 19.1 Å². The summed E-state index contributed by atoms with van der Waals surface area (Å²) < 4.78 is 18.7. The molecule has 0 aliphatic carbocycles. The summed E-state index contributed by atoms with van der Waals surface area (Å²) in [5.74, 6) is 0.465. The lowest BCUT2D eigenvalue weighted by Gasteiger charge is -2.20. The van der Waals surface area contributed by atoms with Crippen LogP contribution in [0.5, 0.6) is 5.75 Å². The second-order valence-electron chi connectivity index (χ2n) is 4.77. The molecule has 2 rings (SSSR count). The molecule has 0 saturated heterocycles. The second-order valence-corrected chi connectivity index (χ2v) is 5.21. The van der Waals surface area contributed by atoms with Crippen molar-refractivity contribution in [3.05, 3.63) is 59.4 Å². The first-order valence-corrected chi connectivity index (χ1v) is 6.85. The Morgan fingerprint density at radius 1 is 1.24 bits per heavy atom. The van der Waals surface area contributed by atoms with Gasteiger partial charge in [-0.25, -0.2) is 4.39 Å². The van der Waals surface area contributed by atoms with Crippen LogP contribution < -0.4 is 15.4 Å². The van der Waals surface area contributed by atoms with Crippen molar-refractivity contribution in [3.8, 4) is 5.75 Å². The zero-order valence-corrected chi connectivity index (χ0v) is 12.8. The number of hydrogen-bond acceptors (Lipinski definition) is 3. The van der Waals surface area contributed by atoms with Crippen molar-refractivity contribution >= 4 is 22.9 Å². The second kappa shape index (κ2) is 6.54. The molecule has 0 spiro atoms. The van der Waals surface area contributed by atoms with E-state index in [0.29, 0.717) is 12.1 Å². The van der Waals surface area contributed by atoms with Gasteiger partial charge in [-0.05, 0) is 48.0 Å². The van der Waals surface area contributed by atoms with E-state index in [1.54, 1.807) is 7.11 Å². The van der Waals surface area contributed by atoms with Crippen LogP contribution in [0.3, 0.4) is 0 Å². The molecule has 0 aliphatic heterocycles. The zero-order chi connectivity index (χ0) is 15.4. The maximum absolute atomic E-state index is 13.6. The monoisotopic (exact) mass is 304 g/mol. The van der Waals surface area contributed by atoms with Crippen LogP contribution in [0, 0.1) is 5.82 Å². The largest absolute Gasteiger partial charge is 0.497 e. The maximum atomic E-state index is 13.6. The Hall–Kier alpha value is -2.14. The van der Waals surface area contributed by atoms with Crippen LogP contribution in [0.4, 0.5) is 10.1 Å². The minimum atomic E-state index is -0.335. The molecule has 21 heavy (non-hydrogen) atoms. The minimum Gasteiger partial charge on any atom is -0.497 e. The number of thiocarbonyl (C=S) groups is 1. The Morgan fingerprint density at radius 2 is 1.90 bits per heavy atom. The molecule has 0 amide bonds. The number of hydrogen-bond donors (Lipinski definition) is 1. The summed E-state index contributed by atoms with van der Waals surface area (Å²) in [4.78, 5) is 2.21. The third kappa shape index (κ3) is 3.92. The van der Waals surface area contributed by atoms with Gasteiger partial charge in [0.25, 0.3) is 0 Å². The van der Waals surface area contributed by atoms with Gasteiger partial charge in [0.05, 0.1) is 7.11 Å². The van der Waals surface area contributed by atoms with Crippen LogP contribution >= 0.6 is 12.2 Å². The summed E-state index contributed by atoms with van der Waals surface area (Å²) in [7, 11) is 3.57. The lowest BCUT2D eigenvalue weighted by atomic mass is 10.1. The number of nitrogens with zero attached hydrogens (tertiary/aromatic N) is 1. The summed E-state index contributed by atoms with van der Waals surface area (Å²) in [5.41, 5.74) is 7.93. The lowest BCUT2D eigenvalue weighted by Crippen LogP contribution is -2.17. The Kier molecular flexibility index (Phi) is 4.75. The number of ether oxygens (including phenoxy) is 1. The average Bonchev–Trinajstić information content (AvgIpc) is 2.46. The van der Waals surface area contributed by atoms with E-state index in [-0.39, 0.29) is 10.8 Å². The summed E-state index contributed by atoms with van der Waals surface area (Å²) >= 11 is 4.90. The van der Waals surface area contributed by atoms with Gasteiger partial charge in [-0.3, -0.25) is 0 Å². The molecule has 2 aromatic rings. The zero-order valence-electron chi connectivity index (χ0n) is 12.0. The van der Waals surface area contributed by atoms with Crippen molar-refractivity contribution in [1.82, 2.24) is 0 Å². The summed E-state index contributed by atoms with van der Waals surface area (Å²) in [5, 5.41) is 0. The summed E-state index contributed by atoms with van der Waals surface area (Å²) in [6, 6.07) is 12.3. The van der Waals surface area contributed by atoms with Gasteiger partial charge >= 0.3 is 0 Å². The van der Waals surface area contributed by atoms with Crippen molar-refractivity contribution in [2.24, 2.45) is 5.73 Å². The Balaban J connectivity index is 2.18. The molecule has 0 heterocycles. The number of anilines is 1. The maximum Gasteiger partial charge on any atom is 0.124 e. The third-order valence-electron chi connectivity index (χ3n) is 3.18. The van der Waals surface area contributed by atoms with Gasteiger partial charge in [0.15, 0.2) is 0 Å². The van der Waals surface area contributed by atoms with E-state index in [2.05, 4.69) is 0 Å². The third-order valence-corrected chi connectivity index (χ3v) is 3.41. The van der Waals surface area contributed by atoms with E-state index in [4.69, 9.17) is 22.7 Å². The van der Waals surface area contributed by atoms with Crippen molar-refractivity contribution in [1.29, 1.82) is 0 Å².